The predicted octanol–water partition coefficient (Wildman–Crippen LogP) is 2.52. The second-order valence-corrected chi connectivity index (χ2v) is 7.37. The summed E-state index contributed by atoms with van der Waals surface area (Å²) < 4.78 is 15.0. The van der Waals surface area contributed by atoms with Crippen molar-refractivity contribution in [2.75, 3.05) is 14.2 Å². The summed E-state index contributed by atoms with van der Waals surface area (Å²) in [7, 11) is 2.65. The number of rotatable bonds is 8. The maximum absolute atomic E-state index is 12.2. The third-order valence-electron chi connectivity index (χ3n) is 4.84. The number of ether oxygens (including phenoxy) is 3. The molecule has 142 valence electrons. The summed E-state index contributed by atoms with van der Waals surface area (Å²) in [5, 5.41) is 0. The van der Waals surface area contributed by atoms with Gasteiger partial charge in [0, 0.05) is 5.92 Å². The zero-order valence-electron chi connectivity index (χ0n) is 16.2. The van der Waals surface area contributed by atoms with Crippen molar-refractivity contribution >= 4 is 23.8 Å². The standard InChI is InChI=1S/C18H29NO6/c1-8-18(5,16(22)24-7)10-12(14(20)23-6)9-11(2)13-19-17(3,4)15(21)25-13/h11-12H,8-10H2,1-7H3. The first kappa shape index (κ1) is 21.1. The average Bonchev–Trinajstić information content (AvgIpc) is 2.85. The molecule has 1 heterocycles. The van der Waals surface area contributed by atoms with E-state index >= 15 is 0 Å². The van der Waals surface area contributed by atoms with Crippen LogP contribution in [-0.4, -0.2) is 43.6 Å². The van der Waals surface area contributed by atoms with Crippen LogP contribution in [0.2, 0.25) is 0 Å². The van der Waals surface area contributed by atoms with E-state index in [1.807, 2.05) is 13.8 Å². The number of aliphatic imine (C=N–C) groups is 1. The molecule has 0 amide bonds. The minimum Gasteiger partial charge on any atom is -0.469 e. The van der Waals surface area contributed by atoms with Crippen LogP contribution < -0.4 is 0 Å². The van der Waals surface area contributed by atoms with Crippen molar-refractivity contribution in [1.82, 2.24) is 0 Å². The van der Waals surface area contributed by atoms with E-state index < -0.39 is 28.8 Å². The fourth-order valence-electron chi connectivity index (χ4n) is 2.89. The summed E-state index contributed by atoms with van der Waals surface area (Å²) in [5.41, 5.74) is -1.70. The first-order valence-electron chi connectivity index (χ1n) is 8.49. The van der Waals surface area contributed by atoms with Gasteiger partial charge in [-0.15, -0.1) is 0 Å². The number of carbonyl (C=O) groups is 3. The highest BCUT2D eigenvalue weighted by molar-refractivity contribution is 6.00. The highest BCUT2D eigenvalue weighted by Crippen LogP contribution is 2.35. The van der Waals surface area contributed by atoms with Gasteiger partial charge in [0.25, 0.3) is 0 Å². The van der Waals surface area contributed by atoms with E-state index in [2.05, 4.69) is 4.99 Å². The summed E-state index contributed by atoms with van der Waals surface area (Å²) in [6.07, 6.45) is 1.18. The van der Waals surface area contributed by atoms with Gasteiger partial charge in [-0.2, -0.15) is 0 Å². The Labute approximate surface area is 149 Å². The second-order valence-electron chi connectivity index (χ2n) is 7.37. The van der Waals surface area contributed by atoms with E-state index in [1.54, 1.807) is 20.8 Å². The molecule has 7 nitrogen and oxygen atoms in total. The molecule has 1 aliphatic heterocycles. The molecule has 0 N–H and O–H groups in total. The molecule has 0 saturated heterocycles. The molecular formula is C18H29NO6. The van der Waals surface area contributed by atoms with Crippen LogP contribution in [-0.2, 0) is 28.6 Å². The van der Waals surface area contributed by atoms with E-state index in [0.29, 0.717) is 18.7 Å². The minimum atomic E-state index is -0.908. The van der Waals surface area contributed by atoms with Gasteiger partial charge in [0.1, 0.15) is 0 Å². The number of methoxy groups -OCH3 is 2. The lowest BCUT2D eigenvalue weighted by Gasteiger charge is -2.29. The van der Waals surface area contributed by atoms with Crippen LogP contribution in [0.4, 0.5) is 0 Å². The Morgan fingerprint density at radius 3 is 2.28 bits per heavy atom. The van der Waals surface area contributed by atoms with Crippen molar-refractivity contribution in [2.45, 2.75) is 59.4 Å². The highest BCUT2D eigenvalue weighted by atomic mass is 16.6. The molecule has 7 heteroatoms. The van der Waals surface area contributed by atoms with Crippen molar-refractivity contribution in [3.05, 3.63) is 0 Å². The third kappa shape index (κ3) is 4.80. The largest absolute Gasteiger partial charge is 0.469 e. The number of hydrogen-bond donors (Lipinski definition) is 0. The van der Waals surface area contributed by atoms with Crippen LogP contribution in [0.5, 0.6) is 0 Å². The molecule has 0 radical (unpaired) electrons. The van der Waals surface area contributed by atoms with Crippen LogP contribution in [0, 0.1) is 17.3 Å². The lowest BCUT2D eigenvalue weighted by molar-refractivity contribution is -0.156. The van der Waals surface area contributed by atoms with Gasteiger partial charge in [-0.3, -0.25) is 9.59 Å². The molecule has 0 bridgehead atoms. The average molecular weight is 355 g/mol. The lowest BCUT2D eigenvalue weighted by Crippen LogP contribution is -2.35. The molecule has 0 saturated carbocycles. The predicted molar refractivity (Wildman–Crippen MR) is 91.9 cm³/mol. The van der Waals surface area contributed by atoms with Crippen LogP contribution in [0.3, 0.4) is 0 Å². The molecule has 0 aromatic rings. The zero-order chi connectivity index (χ0) is 19.4. The number of nitrogens with zero attached hydrogens (tertiary/aromatic N) is 1. The molecule has 0 aliphatic carbocycles. The molecular weight excluding hydrogens is 326 g/mol. The minimum absolute atomic E-state index is 0.256. The molecule has 3 atom stereocenters. The van der Waals surface area contributed by atoms with Crippen molar-refractivity contribution in [3.8, 4) is 0 Å². The molecule has 0 aromatic carbocycles. The van der Waals surface area contributed by atoms with E-state index in [-0.39, 0.29) is 18.3 Å². The third-order valence-corrected chi connectivity index (χ3v) is 4.84. The van der Waals surface area contributed by atoms with E-state index in [9.17, 15) is 14.4 Å². The molecule has 0 spiro atoms. The van der Waals surface area contributed by atoms with Crippen molar-refractivity contribution in [1.29, 1.82) is 0 Å². The van der Waals surface area contributed by atoms with Gasteiger partial charge in [0.2, 0.25) is 0 Å². The van der Waals surface area contributed by atoms with Gasteiger partial charge in [-0.25, -0.2) is 9.79 Å². The number of hydrogen-bond acceptors (Lipinski definition) is 7. The summed E-state index contributed by atoms with van der Waals surface area (Å²) in [4.78, 5) is 40.5. The molecule has 1 aliphatic rings. The first-order chi connectivity index (χ1) is 11.5. The van der Waals surface area contributed by atoms with Gasteiger partial charge in [0.15, 0.2) is 11.4 Å². The summed E-state index contributed by atoms with van der Waals surface area (Å²) >= 11 is 0. The van der Waals surface area contributed by atoms with Gasteiger partial charge >= 0.3 is 17.9 Å². The molecule has 0 aromatic heterocycles. The van der Waals surface area contributed by atoms with Crippen molar-refractivity contribution in [2.24, 2.45) is 22.2 Å². The topological polar surface area (TPSA) is 91.3 Å². The fraction of sp³-hybridized carbons (Fsp3) is 0.778. The molecule has 1 rings (SSSR count). The maximum atomic E-state index is 12.2. The fourth-order valence-corrected chi connectivity index (χ4v) is 2.89. The number of cyclic esters (lactones) is 1. The summed E-state index contributed by atoms with van der Waals surface area (Å²) in [5.74, 6) is -1.64. The Hall–Kier alpha value is -1.92. The lowest BCUT2D eigenvalue weighted by atomic mass is 9.76. The van der Waals surface area contributed by atoms with Crippen LogP contribution in [0.25, 0.3) is 0 Å². The highest BCUT2D eigenvalue weighted by Gasteiger charge is 2.42. The quantitative estimate of drug-likeness (QED) is 0.491. The Morgan fingerprint density at radius 2 is 1.88 bits per heavy atom. The van der Waals surface area contributed by atoms with Gasteiger partial charge in [-0.05, 0) is 40.0 Å². The molecule has 0 fully saturated rings. The molecule has 25 heavy (non-hydrogen) atoms. The van der Waals surface area contributed by atoms with Crippen molar-refractivity contribution < 1.29 is 28.6 Å². The molecule has 3 unspecified atom stereocenters. The van der Waals surface area contributed by atoms with E-state index in [0.717, 1.165) is 0 Å². The number of carbonyl (C=O) groups excluding carboxylic acids is 3. The monoisotopic (exact) mass is 355 g/mol. The SMILES string of the molecule is CCC(C)(CC(CC(C)C1=NC(C)(C)C(=O)O1)C(=O)OC)C(=O)OC. The smallest absolute Gasteiger partial charge is 0.340 e. The van der Waals surface area contributed by atoms with E-state index in [1.165, 1.54) is 14.2 Å². The zero-order valence-corrected chi connectivity index (χ0v) is 16.2. The Balaban J connectivity index is 2.96. The van der Waals surface area contributed by atoms with Crippen molar-refractivity contribution in [3.63, 3.8) is 0 Å². The van der Waals surface area contributed by atoms with Gasteiger partial charge < -0.3 is 14.2 Å². The van der Waals surface area contributed by atoms with Crippen LogP contribution in [0.1, 0.15) is 53.9 Å². The van der Waals surface area contributed by atoms with Crippen LogP contribution in [0.15, 0.2) is 4.99 Å². The normalized spacial score (nSPS) is 20.8. The van der Waals surface area contributed by atoms with Gasteiger partial charge in [-0.1, -0.05) is 13.8 Å². The Morgan fingerprint density at radius 1 is 1.28 bits per heavy atom. The summed E-state index contributed by atoms with van der Waals surface area (Å²) in [6, 6.07) is 0. The van der Waals surface area contributed by atoms with E-state index in [4.69, 9.17) is 14.2 Å². The summed E-state index contributed by atoms with van der Waals surface area (Å²) in [6.45, 7) is 8.84. The van der Waals surface area contributed by atoms with Gasteiger partial charge in [0.05, 0.1) is 25.6 Å². The first-order valence-corrected chi connectivity index (χ1v) is 8.49. The Bertz CT molecular complexity index is 568. The second kappa shape index (κ2) is 7.97. The number of esters is 3. The Kier molecular flexibility index (Phi) is 6.74. The van der Waals surface area contributed by atoms with Crippen LogP contribution >= 0.6 is 0 Å². The maximum Gasteiger partial charge on any atom is 0.340 e.